The summed E-state index contributed by atoms with van der Waals surface area (Å²) in [5.41, 5.74) is 0. The predicted molar refractivity (Wildman–Crippen MR) is 35.8 cm³/mol. The minimum atomic E-state index is -5.45. The SMILES string of the molecule is N=P(F)(F)OC(=O)CC(=O)F.[LiH]. The third-order valence-corrected chi connectivity index (χ3v) is 0.933. The summed E-state index contributed by atoms with van der Waals surface area (Å²) in [6.45, 7) is 0. The summed E-state index contributed by atoms with van der Waals surface area (Å²) >= 11 is 0. The van der Waals surface area contributed by atoms with Crippen molar-refractivity contribution >= 4 is 38.8 Å². The standard InChI is InChI=1S/C3H3F3NO3P.Li.H/c4-2(8)1-3(9)10-11(5,6)7;;/h7H,1H2;;. The second kappa shape index (κ2) is 5.41. The molecule has 66 valence electrons. The first-order valence-corrected chi connectivity index (χ1v) is 3.74. The molecule has 0 bridgehead atoms. The zero-order valence-corrected chi connectivity index (χ0v) is 5.91. The Hall–Kier alpha value is -0.243. The van der Waals surface area contributed by atoms with Gasteiger partial charge in [-0.15, -0.1) is 8.39 Å². The van der Waals surface area contributed by atoms with Crippen molar-refractivity contribution in [2.45, 2.75) is 6.42 Å². The van der Waals surface area contributed by atoms with Crippen LogP contribution in [0.5, 0.6) is 0 Å². The normalized spacial score (nSPS) is 9.92. The minimum absolute atomic E-state index is 0. The quantitative estimate of drug-likeness (QED) is 0.320. The van der Waals surface area contributed by atoms with Crippen molar-refractivity contribution in [2.24, 2.45) is 0 Å². The Morgan fingerprint density at radius 3 is 2.08 bits per heavy atom. The molecule has 9 heteroatoms. The third kappa shape index (κ3) is 9.76. The van der Waals surface area contributed by atoms with Crippen molar-refractivity contribution in [3.63, 3.8) is 0 Å². The zero-order valence-electron chi connectivity index (χ0n) is 5.01. The molecule has 0 heterocycles. The molecule has 0 aliphatic heterocycles. The molecule has 0 spiro atoms. The maximum atomic E-state index is 11.5. The second-order valence-electron chi connectivity index (χ2n) is 1.46. The van der Waals surface area contributed by atoms with Crippen molar-refractivity contribution < 1.29 is 26.9 Å². The molecule has 0 saturated carbocycles. The number of hydrogen-bond acceptors (Lipinski definition) is 4. The number of carbonyl (C=O) groups excluding carboxylic acids is 2. The topological polar surface area (TPSA) is 67.2 Å². The molecule has 0 aliphatic rings. The van der Waals surface area contributed by atoms with E-state index in [2.05, 4.69) is 4.52 Å². The Kier molecular flexibility index (Phi) is 6.44. The molecule has 12 heavy (non-hydrogen) atoms. The second-order valence-corrected chi connectivity index (χ2v) is 2.56. The number of rotatable bonds is 3. The zero-order chi connectivity index (χ0) is 9.07. The van der Waals surface area contributed by atoms with E-state index in [0.717, 1.165) is 0 Å². The number of nitrogens with one attached hydrogen (secondary N) is 1. The summed E-state index contributed by atoms with van der Waals surface area (Å²) < 4.78 is 37.4. The summed E-state index contributed by atoms with van der Waals surface area (Å²) in [5, 5.41) is 5.81. The summed E-state index contributed by atoms with van der Waals surface area (Å²) in [6.07, 6.45) is -1.37. The molecule has 0 fully saturated rings. The van der Waals surface area contributed by atoms with E-state index in [9.17, 15) is 22.4 Å². The monoisotopic (exact) mass is 197 g/mol. The summed E-state index contributed by atoms with van der Waals surface area (Å²) in [7, 11) is -5.45. The third-order valence-electron chi connectivity index (χ3n) is 0.500. The fourth-order valence-electron chi connectivity index (χ4n) is 0.274. The fourth-order valence-corrected chi connectivity index (χ4v) is 0.594. The van der Waals surface area contributed by atoms with Crippen molar-refractivity contribution in [3.8, 4) is 0 Å². The van der Waals surface area contributed by atoms with E-state index in [1.807, 2.05) is 0 Å². The molecule has 0 aliphatic carbocycles. The molecule has 0 radical (unpaired) electrons. The van der Waals surface area contributed by atoms with Gasteiger partial charge in [0.1, 0.15) is 6.42 Å². The molecule has 0 aromatic carbocycles. The van der Waals surface area contributed by atoms with E-state index in [4.69, 9.17) is 5.16 Å². The first-order chi connectivity index (χ1) is 4.81. The van der Waals surface area contributed by atoms with Crippen molar-refractivity contribution in [3.05, 3.63) is 0 Å². The fraction of sp³-hybridized carbons (Fsp3) is 0.333. The van der Waals surface area contributed by atoms with E-state index in [-0.39, 0.29) is 18.9 Å². The van der Waals surface area contributed by atoms with Gasteiger partial charge in [0, 0.05) is 0 Å². The van der Waals surface area contributed by atoms with Crippen molar-refractivity contribution in [1.29, 1.82) is 5.16 Å². The van der Waals surface area contributed by atoms with Gasteiger partial charge in [-0.3, -0.25) is 9.59 Å². The average molecular weight is 197 g/mol. The molecule has 0 rings (SSSR count). The van der Waals surface area contributed by atoms with Crippen LogP contribution >= 0.6 is 7.90 Å². The summed E-state index contributed by atoms with van der Waals surface area (Å²) in [6, 6.07) is -2.07. The Labute approximate surface area is 77.8 Å². The van der Waals surface area contributed by atoms with Gasteiger partial charge in [0.05, 0.1) is 0 Å². The van der Waals surface area contributed by atoms with Crippen LogP contribution in [0.4, 0.5) is 12.8 Å². The van der Waals surface area contributed by atoms with Crippen molar-refractivity contribution in [1.82, 2.24) is 0 Å². The Morgan fingerprint density at radius 2 is 1.83 bits per heavy atom. The van der Waals surface area contributed by atoms with Crippen LogP contribution in [0.2, 0.25) is 0 Å². The van der Waals surface area contributed by atoms with Crippen molar-refractivity contribution in [2.75, 3.05) is 0 Å². The van der Waals surface area contributed by atoms with E-state index in [1.54, 1.807) is 0 Å². The van der Waals surface area contributed by atoms with Crippen LogP contribution in [0.25, 0.3) is 0 Å². The van der Waals surface area contributed by atoms with E-state index in [1.165, 1.54) is 0 Å². The van der Waals surface area contributed by atoms with Gasteiger partial charge in [0.2, 0.25) is 0 Å². The van der Waals surface area contributed by atoms with E-state index < -0.39 is 26.3 Å². The molecule has 0 saturated heterocycles. The summed E-state index contributed by atoms with van der Waals surface area (Å²) in [5.74, 6) is -1.72. The Bertz CT molecular complexity index is 229. The van der Waals surface area contributed by atoms with Crippen LogP contribution in [-0.4, -0.2) is 30.9 Å². The first kappa shape index (κ1) is 14.3. The van der Waals surface area contributed by atoms with Crippen LogP contribution in [0, 0.1) is 5.16 Å². The average Bonchev–Trinajstić information content (AvgIpc) is 1.53. The van der Waals surface area contributed by atoms with Crippen LogP contribution < -0.4 is 0 Å². The molecular weight excluding hydrogens is 193 g/mol. The van der Waals surface area contributed by atoms with Gasteiger partial charge in [-0.1, -0.05) is 0 Å². The molecule has 0 amide bonds. The Morgan fingerprint density at radius 1 is 1.42 bits per heavy atom. The molecular formula is C3H4F3LiNO3P. The van der Waals surface area contributed by atoms with Gasteiger partial charge in [-0.25, -0.2) is 5.16 Å². The molecule has 4 nitrogen and oxygen atoms in total. The summed E-state index contributed by atoms with van der Waals surface area (Å²) in [4.78, 5) is 19.5. The predicted octanol–water partition coefficient (Wildman–Crippen LogP) is 1.23. The maximum absolute atomic E-state index is 11.5. The molecule has 1 N–H and O–H groups in total. The van der Waals surface area contributed by atoms with Crippen LogP contribution in [-0.2, 0) is 14.1 Å². The number of carbonyl (C=O) groups is 2. The van der Waals surface area contributed by atoms with Gasteiger partial charge in [-0.2, -0.15) is 4.39 Å². The molecule has 0 aromatic rings. The van der Waals surface area contributed by atoms with Crippen LogP contribution in [0.15, 0.2) is 0 Å². The van der Waals surface area contributed by atoms with E-state index in [0.29, 0.717) is 0 Å². The molecule has 0 unspecified atom stereocenters. The Balaban J connectivity index is 0. The van der Waals surface area contributed by atoms with Gasteiger partial charge < -0.3 is 4.52 Å². The van der Waals surface area contributed by atoms with Gasteiger partial charge in [0.25, 0.3) is 0 Å². The van der Waals surface area contributed by atoms with E-state index >= 15 is 0 Å². The van der Waals surface area contributed by atoms with Gasteiger partial charge in [0.15, 0.2) is 0 Å². The van der Waals surface area contributed by atoms with Crippen LogP contribution in [0.1, 0.15) is 6.42 Å². The van der Waals surface area contributed by atoms with Crippen LogP contribution in [0.3, 0.4) is 0 Å². The van der Waals surface area contributed by atoms with Gasteiger partial charge >= 0.3 is 38.8 Å². The first-order valence-electron chi connectivity index (χ1n) is 2.25. The number of halogens is 3. The molecule has 0 aromatic heterocycles. The number of hydrogen-bond donors (Lipinski definition) is 1. The molecule has 0 atom stereocenters. The van der Waals surface area contributed by atoms with Gasteiger partial charge in [-0.05, 0) is 0 Å².